The highest BCUT2D eigenvalue weighted by molar-refractivity contribution is 7.14. The number of rotatable bonds is 7. The number of hydrogen-bond acceptors (Lipinski definition) is 9. The Labute approximate surface area is 272 Å². The molecule has 1 aliphatic carbocycles. The van der Waals surface area contributed by atoms with E-state index in [1.54, 1.807) is 12.0 Å². The van der Waals surface area contributed by atoms with Crippen molar-refractivity contribution in [1.82, 2.24) is 20.2 Å². The van der Waals surface area contributed by atoms with Gasteiger partial charge in [0.15, 0.2) is 5.13 Å². The Balaban J connectivity index is 1.30. The van der Waals surface area contributed by atoms with Crippen LogP contribution in [0.1, 0.15) is 65.2 Å². The first-order chi connectivity index (χ1) is 22.2. The summed E-state index contributed by atoms with van der Waals surface area (Å²) < 4.78 is 12.1. The molecule has 0 unspecified atom stereocenters. The van der Waals surface area contributed by atoms with Crippen molar-refractivity contribution >= 4 is 45.2 Å². The third-order valence-electron chi connectivity index (χ3n) is 8.96. The maximum atomic E-state index is 13.7. The summed E-state index contributed by atoms with van der Waals surface area (Å²) in [6, 6.07) is 6.81. The molecule has 0 bridgehead atoms. The van der Waals surface area contributed by atoms with E-state index in [0.29, 0.717) is 41.2 Å². The molecule has 46 heavy (non-hydrogen) atoms. The number of carbonyl (C=O) groups excluding carboxylic acids is 2. The number of methoxy groups -OCH3 is 1. The molecule has 2 fully saturated rings. The van der Waals surface area contributed by atoms with Gasteiger partial charge in [-0.15, -0.1) is 11.3 Å². The Morgan fingerprint density at radius 2 is 1.98 bits per heavy atom. The second-order valence-corrected chi connectivity index (χ2v) is 13.6. The Morgan fingerprint density at radius 3 is 2.76 bits per heavy atom. The number of hydrogen-bond donors (Lipinski definition) is 3. The van der Waals surface area contributed by atoms with Crippen LogP contribution in [0.5, 0.6) is 11.5 Å². The smallest absolute Gasteiger partial charge is 0.330 e. The zero-order valence-corrected chi connectivity index (χ0v) is 27.3. The van der Waals surface area contributed by atoms with Crippen LogP contribution in [0.25, 0.3) is 22.3 Å². The number of pyridine rings is 1. The predicted octanol–water partition coefficient (Wildman–Crippen LogP) is 5.41. The Bertz CT molecular complexity index is 1660. The molecule has 3 aliphatic rings. The van der Waals surface area contributed by atoms with Crippen molar-refractivity contribution in [2.24, 2.45) is 5.92 Å². The van der Waals surface area contributed by atoms with Gasteiger partial charge in [0.2, 0.25) is 11.8 Å². The molecule has 4 heterocycles. The summed E-state index contributed by atoms with van der Waals surface area (Å²) in [6.45, 7) is 4.32. The van der Waals surface area contributed by atoms with E-state index in [9.17, 15) is 19.5 Å². The average Bonchev–Trinajstić information content (AvgIpc) is 3.32. The van der Waals surface area contributed by atoms with Gasteiger partial charge in [0.1, 0.15) is 34.9 Å². The molecule has 2 aromatic heterocycles. The molecule has 2 aliphatic heterocycles. The Kier molecular flexibility index (Phi) is 9.17. The average molecular weight is 648 g/mol. The first-order valence-electron chi connectivity index (χ1n) is 16.1. The lowest BCUT2D eigenvalue weighted by molar-refractivity contribution is -0.145. The minimum absolute atomic E-state index is 0.117. The molecular formula is C34H41N5O6S. The van der Waals surface area contributed by atoms with Crippen LogP contribution in [0.15, 0.2) is 41.8 Å². The van der Waals surface area contributed by atoms with Gasteiger partial charge in [0.05, 0.1) is 24.9 Å². The maximum absolute atomic E-state index is 13.7. The van der Waals surface area contributed by atoms with E-state index in [-0.39, 0.29) is 30.8 Å². The highest BCUT2D eigenvalue weighted by Gasteiger charge is 2.61. The van der Waals surface area contributed by atoms with Gasteiger partial charge in [-0.1, -0.05) is 25.0 Å². The molecular weight excluding hydrogens is 606 g/mol. The quantitative estimate of drug-likeness (QED) is 0.287. The molecule has 1 saturated carbocycles. The topological polar surface area (TPSA) is 143 Å². The van der Waals surface area contributed by atoms with Crippen LogP contribution in [-0.2, 0) is 14.4 Å². The maximum Gasteiger partial charge on any atom is 0.330 e. The molecule has 3 N–H and O–H groups in total. The number of anilines is 1. The first-order valence-corrected chi connectivity index (χ1v) is 16.9. The van der Waals surface area contributed by atoms with E-state index in [4.69, 9.17) is 19.4 Å². The third-order valence-corrected chi connectivity index (χ3v) is 9.73. The number of aliphatic carboxylic acids is 1. The SMILES string of the molecule is COc1ccc2c(O[C@@H]3C[C@H]4C(=O)N[C@]5(C(=O)O)C[C@H]5C=CCCCCCCC(=O)N4C3)cc(-c3csc(NC(C)C)n3)nc2c1. The summed E-state index contributed by atoms with van der Waals surface area (Å²) in [4.78, 5) is 50.7. The largest absolute Gasteiger partial charge is 0.497 e. The minimum Gasteiger partial charge on any atom is -0.497 e. The normalized spacial score (nSPS) is 25.3. The number of thiazole rings is 1. The van der Waals surface area contributed by atoms with E-state index in [2.05, 4.69) is 24.5 Å². The number of nitrogens with one attached hydrogen (secondary N) is 2. The highest BCUT2D eigenvalue weighted by atomic mass is 32.1. The van der Waals surface area contributed by atoms with Gasteiger partial charge < -0.3 is 30.1 Å². The molecule has 4 atom stereocenters. The van der Waals surface area contributed by atoms with Gasteiger partial charge in [0, 0.05) is 47.7 Å². The lowest BCUT2D eigenvalue weighted by atomic mass is 10.1. The third kappa shape index (κ3) is 6.67. The Morgan fingerprint density at radius 1 is 1.15 bits per heavy atom. The van der Waals surface area contributed by atoms with Crippen LogP contribution in [-0.4, -0.2) is 75.1 Å². The van der Waals surface area contributed by atoms with E-state index in [1.807, 2.05) is 41.8 Å². The number of aromatic nitrogens is 2. The first kappa shape index (κ1) is 31.8. The standard InChI is InChI=1S/C34H41N5O6S/c1-20(2)35-33-37-27(19-46-33)26-16-29(24-13-12-22(44-3)14-25(24)36-26)45-23-15-28-31(41)38-34(32(42)43)17-21(34)10-8-6-4-5-7-9-11-30(40)39(28)18-23/h8,10,12-14,16,19-21,23,28H,4-7,9,11,15,17-18H2,1-3H3,(H,35,37)(H,38,41)(H,42,43)/t21-,23-,28+,34-/m1/s1. The van der Waals surface area contributed by atoms with Crippen molar-refractivity contribution in [2.45, 2.75) is 88.9 Å². The molecule has 0 spiro atoms. The predicted molar refractivity (Wildman–Crippen MR) is 176 cm³/mol. The van der Waals surface area contributed by atoms with Crippen molar-refractivity contribution in [3.05, 3.63) is 41.8 Å². The lowest BCUT2D eigenvalue weighted by Crippen LogP contribution is -2.53. The van der Waals surface area contributed by atoms with Gasteiger partial charge in [-0.3, -0.25) is 9.59 Å². The van der Waals surface area contributed by atoms with Gasteiger partial charge >= 0.3 is 5.97 Å². The van der Waals surface area contributed by atoms with Crippen LogP contribution in [0, 0.1) is 5.92 Å². The molecule has 1 aromatic carbocycles. The zero-order valence-electron chi connectivity index (χ0n) is 26.5. The number of fused-ring (bicyclic) bond motifs is 3. The summed E-state index contributed by atoms with van der Waals surface area (Å²) in [6.07, 6.45) is 8.85. The number of allylic oxidation sites excluding steroid dienone is 1. The summed E-state index contributed by atoms with van der Waals surface area (Å²) in [5.74, 6) is -0.679. The van der Waals surface area contributed by atoms with E-state index >= 15 is 0 Å². The molecule has 1 saturated heterocycles. The van der Waals surface area contributed by atoms with Crippen molar-refractivity contribution in [3.8, 4) is 22.9 Å². The molecule has 6 rings (SSSR count). The number of carboxylic acid groups (broad SMARTS) is 1. The lowest BCUT2D eigenvalue weighted by Gasteiger charge is -2.25. The van der Waals surface area contributed by atoms with Crippen molar-refractivity contribution in [3.63, 3.8) is 0 Å². The fourth-order valence-corrected chi connectivity index (χ4v) is 7.24. The highest BCUT2D eigenvalue weighted by Crippen LogP contribution is 2.45. The van der Waals surface area contributed by atoms with Crippen LogP contribution in [0.3, 0.4) is 0 Å². The van der Waals surface area contributed by atoms with E-state index < -0.39 is 29.6 Å². The summed E-state index contributed by atoms with van der Waals surface area (Å²) in [5, 5.41) is 19.7. The Hall–Kier alpha value is -4.19. The minimum atomic E-state index is -1.34. The van der Waals surface area contributed by atoms with Crippen molar-refractivity contribution in [2.75, 3.05) is 19.0 Å². The van der Waals surface area contributed by atoms with E-state index in [1.165, 1.54) is 11.3 Å². The van der Waals surface area contributed by atoms with Crippen LogP contribution < -0.4 is 20.1 Å². The van der Waals surface area contributed by atoms with Gasteiger partial charge in [0.25, 0.3) is 0 Å². The number of nitrogens with zero attached hydrogens (tertiary/aromatic N) is 3. The molecule has 12 heteroatoms. The molecule has 3 aromatic rings. The zero-order chi connectivity index (χ0) is 32.4. The molecule has 11 nitrogen and oxygen atoms in total. The number of amides is 2. The molecule has 2 amide bonds. The summed E-state index contributed by atoms with van der Waals surface area (Å²) in [5.41, 5.74) is 0.647. The van der Waals surface area contributed by atoms with Crippen LogP contribution >= 0.6 is 11.3 Å². The monoisotopic (exact) mass is 647 g/mol. The fraction of sp³-hybridized carbons (Fsp3) is 0.500. The van der Waals surface area contributed by atoms with Gasteiger partial charge in [-0.25, -0.2) is 14.8 Å². The van der Waals surface area contributed by atoms with Gasteiger partial charge in [-0.2, -0.15) is 0 Å². The van der Waals surface area contributed by atoms with Gasteiger partial charge in [-0.05, 0) is 51.7 Å². The van der Waals surface area contributed by atoms with E-state index in [0.717, 1.165) is 42.6 Å². The molecule has 0 radical (unpaired) electrons. The summed E-state index contributed by atoms with van der Waals surface area (Å²) in [7, 11) is 1.60. The summed E-state index contributed by atoms with van der Waals surface area (Å²) >= 11 is 1.50. The van der Waals surface area contributed by atoms with Crippen molar-refractivity contribution in [1.29, 1.82) is 0 Å². The second kappa shape index (κ2) is 13.3. The molecule has 244 valence electrons. The number of carboxylic acids is 1. The number of carbonyl (C=O) groups is 3. The van der Waals surface area contributed by atoms with Crippen LogP contribution in [0.2, 0.25) is 0 Å². The number of ether oxygens (including phenoxy) is 2. The second-order valence-electron chi connectivity index (χ2n) is 12.7. The van der Waals surface area contributed by atoms with Crippen LogP contribution in [0.4, 0.5) is 5.13 Å². The number of benzene rings is 1. The fourth-order valence-electron chi connectivity index (χ4n) is 6.39. The van der Waals surface area contributed by atoms with Crippen molar-refractivity contribution < 1.29 is 29.0 Å².